The number of hydrogen-bond donors (Lipinski definition) is 0. The van der Waals surface area contributed by atoms with Gasteiger partial charge < -0.3 is 0 Å². The quantitative estimate of drug-likeness (QED) is 0.672. The van der Waals surface area contributed by atoms with E-state index in [4.69, 9.17) is 0 Å². The number of aryl methyl sites for hydroxylation is 1. The Morgan fingerprint density at radius 3 is 2.32 bits per heavy atom. The van der Waals surface area contributed by atoms with E-state index in [1.165, 1.54) is 35.0 Å². The molecular formula is C21H25B. The molecule has 0 radical (unpaired) electrons. The maximum Gasteiger partial charge on any atom is 0.211 e. The first-order valence-corrected chi connectivity index (χ1v) is 8.41. The van der Waals surface area contributed by atoms with Gasteiger partial charge in [0.15, 0.2) is 0 Å². The highest BCUT2D eigenvalue weighted by molar-refractivity contribution is 6.81. The monoisotopic (exact) mass is 288 g/mol. The van der Waals surface area contributed by atoms with Crippen LogP contribution in [0.25, 0.3) is 0 Å². The Hall–Kier alpha value is -1.76. The number of hydrogen-bond acceptors (Lipinski definition) is 0. The first-order chi connectivity index (χ1) is 10.6. The number of benzene rings is 1. The van der Waals surface area contributed by atoms with Crippen LogP contribution >= 0.6 is 0 Å². The number of rotatable bonds is 3. The van der Waals surface area contributed by atoms with E-state index in [1.54, 1.807) is 5.47 Å². The molecule has 1 unspecified atom stereocenters. The Kier molecular flexibility index (Phi) is 4.52. The standard InChI is InChI=1S/C21H25B/c1-16-4-10-19(11-5-16)22(20-12-6-17(2)7-13-20)21-14-8-18(3)9-15-21/h4-8,10-12,14,20H,9,13,15H2,1-3H3. The van der Waals surface area contributed by atoms with Crippen molar-refractivity contribution < 1.29 is 0 Å². The van der Waals surface area contributed by atoms with Crippen LogP contribution in [0.4, 0.5) is 0 Å². The zero-order chi connectivity index (χ0) is 15.5. The lowest BCUT2D eigenvalue weighted by Crippen LogP contribution is -2.37. The average Bonchev–Trinajstić information content (AvgIpc) is 2.53. The highest BCUT2D eigenvalue weighted by atomic mass is 14.1. The third-order valence-electron chi connectivity index (χ3n) is 4.97. The summed E-state index contributed by atoms with van der Waals surface area (Å²) in [6, 6.07) is 9.15. The maximum atomic E-state index is 2.42. The Balaban J connectivity index is 1.96. The van der Waals surface area contributed by atoms with Gasteiger partial charge in [-0.3, -0.25) is 0 Å². The third-order valence-corrected chi connectivity index (χ3v) is 4.97. The zero-order valence-corrected chi connectivity index (χ0v) is 14.0. The molecule has 1 atom stereocenters. The highest BCUT2D eigenvalue weighted by Crippen LogP contribution is 2.31. The van der Waals surface area contributed by atoms with Crippen molar-refractivity contribution in [2.75, 3.05) is 0 Å². The predicted molar refractivity (Wildman–Crippen MR) is 98.9 cm³/mol. The molecule has 0 aromatic heterocycles. The van der Waals surface area contributed by atoms with Crippen LogP contribution in [0.2, 0.25) is 5.82 Å². The van der Waals surface area contributed by atoms with E-state index in [2.05, 4.69) is 75.4 Å². The summed E-state index contributed by atoms with van der Waals surface area (Å²) in [6.45, 7) is 7.11. The summed E-state index contributed by atoms with van der Waals surface area (Å²) in [5.41, 5.74) is 7.30. The average molecular weight is 288 g/mol. The van der Waals surface area contributed by atoms with Crippen molar-refractivity contribution in [3.05, 3.63) is 76.8 Å². The van der Waals surface area contributed by atoms with Crippen LogP contribution in [-0.4, -0.2) is 6.71 Å². The molecule has 0 aliphatic heterocycles. The molecule has 22 heavy (non-hydrogen) atoms. The Bertz CT molecular complexity index is 656. The van der Waals surface area contributed by atoms with Crippen LogP contribution in [-0.2, 0) is 0 Å². The Morgan fingerprint density at radius 2 is 1.73 bits per heavy atom. The molecule has 0 fully saturated rings. The molecule has 0 N–H and O–H groups in total. The smallest absolute Gasteiger partial charge is 0.0945 e. The molecule has 0 heterocycles. The molecule has 2 aliphatic rings. The molecule has 2 aliphatic carbocycles. The van der Waals surface area contributed by atoms with Crippen molar-refractivity contribution in [1.82, 2.24) is 0 Å². The molecule has 0 amide bonds. The summed E-state index contributed by atoms with van der Waals surface area (Å²) in [4.78, 5) is 0. The maximum absolute atomic E-state index is 2.42. The van der Waals surface area contributed by atoms with Gasteiger partial charge >= 0.3 is 0 Å². The predicted octanol–water partition coefficient (Wildman–Crippen LogP) is 5.18. The van der Waals surface area contributed by atoms with Gasteiger partial charge in [-0.25, -0.2) is 0 Å². The molecule has 3 rings (SSSR count). The molecule has 0 bridgehead atoms. The molecular weight excluding hydrogens is 263 g/mol. The van der Waals surface area contributed by atoms with Gasteiger partial charge in [0.05, 0.1) is 0 Å². The minimum absolute atomic E-state index is 0.519. The summed E-state index contributed by atoms with van der Waals surface area (Å²) < 4.78 is 0. The van der Waals surface area contributed by atoms with Crippen molar-refractivity contribution in [3.63, 3.8) is 0 Å². The van der Waals surface area contributed by atoms with E-state index in [-0.39, 0.29) is 0 Å². The van der Waals surface area contributed by atoms with Crippen molar-refractivity contribution in [2.45, 2.75) is 45.9 Å². The first-order valence-electron chi connectivity index (χ1n) is 8.41. The van der Waals surface area contributed by atoms with Crippen LogP contribution in [0.3, 0.4) is 0 Å². The van der Waals surface area contributed by atoms with Gasteiger partial charge in [0.25, 0.3) is 0 Å². The van der Waals surface area contributed by atoms with E-state index < -0.39 is 0 Å². The Labute approximate surface area is 135 Å². The summed E-state index contributed by atoms with van der Waals surface area (Å²) in [5.74, 6) is 0.587. The highest BCUT2D eigenvalue weighted by Gasteiger charge is 2.29. The van der Waals surface area contributed by atoms with E-state index in [9.17, 15) is 0 Å². The fourth-order valence-corrected chi connectivity index (χ4v) is 3.52. The molecule has 0 saturated carbocycles. The van der Waals surface area contributed by atoms with Gasteiger partial charge in [0, 0.05) is 0 Å². The molecule has 1 heteroatoms. The van der Waals surface area contributed by atoms with Crippen LogP contribution in [0, 0.1) is 6.92 Å². The van der Waals surface area contributed by atoms with Crippen LogP contribution < -0.4 is 5.46 Å². The van der Waals surface area contributed by atoms with Gasteiger partial charge in [0.2, 0.25) is 6.71 Å². The molecule has 0 nitrogen and oxygen atoms in total. The lowest BCUT2D eigenvalue weighted by molar-refractivity contribution is 0.922. The summed E-state index contributed by atoms with van der Waals surface area (Å²) in [7, 11) is 0. The van der Waals surface area contributed by atoms with Crippen molar-refractivity contribution in [2.24, 2.45) is 0 Å². The second-order valence-corrected chi connectivity index (χ2v) is 6.85. The van der Waals surface area contributed by atoms with Crippen LogP contribution in [0.1, 0.15) is 38.7 Å². The van der Waals surface area contributed by atoms with Crippen molar-refractivity contribution in [1.29, 1.82) is 0 Å². The minimum atomic E-state index is 0.519. The first kappa shape index (κ1) is 15.2. The van der Waals surface area contributed by atoms with Crippen LogP contribution in [0.15, 0.2) is 71.3 Å². The summed E-state index contributed by atoms with van der Waals surface area (Å²) in [5, 5.41) is 0. The second-order valence-electron chi connectivity index (χ2n) is 6.85. The molecule has 1 aromatic carbocycles. The fourth-order valence-electron chi connectivity index (χ4n) is 3.52. The van der Waals surface area contributed by atoms with E-state index in [0.717, 1.165) is 6.42 Å². The van der Waals surface area contributed by atoms with Crippen LogP contribution in [0.5, 0.6) is 0 Å². The van der Waals surface area contributed by atoms with Gasteiger partial charge in [0.1, 0.15) is 0 Å². The van der Waals surface area contributed by atoms with Gasteiger partial charge in [-0.15, -0.1) is 0 Å². The van der Waals surface area contributed by atoms with E-state index >= 15 is 0 Å². The SMILES string of the molecule is CC1=CCC(B(C2=CC=C(C)CC2)c2ccc(C)cc2)C=C1. The lowest BCUT2D eigenvalue weighted by atomic mass is 9.31. The van der Waals surface area contributed by atoms with Crippen molar-refractivity contribution >= 4 is 12.2 Å². The normalized spacial score (nSPS) is 21.0. The Morgan fingerprint density at radius 1 is 0.955 bits per heavy atom. The van der Waals surface area contributed by atoms with E-state index in [1.807, 2.05) is 0 Å². The topological polar surface area (TPSA) is 0 Å². The minimum Gasteiger partial charge on any atom is -0.0945 e. The van der Waals surface area contributed by atoms with Gasteiger partial charge in [-0.05, 0) is 45.9 Å². The summed E-state index contributed by atoms with van der Waals surface area (Å²) >= 11 is 0. The molecule has 0 spiro atoms. The lowest BCUT2D eigenvalue weighted by Gasteiger charge is -2.27. The molecule has 112 valence electrons. The number of allylic oxidation sites excluding steroid dienone is 8. The van der Waals surface area contributed by atoms with Gasteiger partial charge in [-0.2, -0.15) is 0 Å². The largest absolute Gasteiger partial charge is 0.211 e. The van der Waals surface area contributed by atoms with Crippen molar-refractivity contribution in [3.8, 4) is 0 Å². The second kappa shape index (κ2) is 6.56. The molecule has 0 saturated heterocycles. The summed E-state index contributed by atoms with van der Waals surface area (Å²) in [6.07, 6.45) is 15.4. The molecule has 1 aromatic rings. The van der Waals surface area contributed by atoms with E-state index in [0.29, 0.717) is 12.5 Å². The third kappa shape index (κ3) is 3.35. The zero-order valence-electron chi connectivity index (χ0n) is 14.0. The van der Waals surface area contributed by atoms with Gasteiger partial charge in [-0.1, -0.05) is 82.3 Å². The fraction of sp³-hybridized carbons (Fsp3) is 0.333.